The second-order valence-electron chi connectivity index (χ2n) is 10.2. The van der Waals surface area contributed by atoms with Crippen molar-refractivity contribution in [1.29, 1.82) is 0 Å². The van der Waals surface area contributed by atoms with Crippen LogP contribution in [0.15, 0.2) is 30.3 Å². The Hall–Kier alpha value is -1.88. The van der Waals surface area contributed by atoms with E-state index in [0.29, 0.717) is 24.3 Å². The molecule has 3 heterocycles. The summed E-state index contributed by atoms with van der Waals surface area (Å²) in [6, 6.07) is 10.2. The third-order valence-corrected chi connectivity index (χ3v) is 7.07. The van der Waals surface area contributed by atoms with E-state index in [1.807, 2.05) is 30.3 Å². The van der Waals surface area contributed by atoms with Crippen LogP contribution < -0.4 is 10.6 Å². The molecular weight excluding hydrogens is 362 g/mol. The summed E-state index contributed by atoms with van der Waals surface area (Å²) in [5.41, 5.74) is 0.309. The number of nitrogens with zero attached hydrogens (tertiary/aromatic N) is 1. The number of fused-ring (bicyclic) bond motifs is 1. The maximum atomic E-state index is 13.6. The predicted molar refractivity (Wildman–Crippen MR) is 114 cm³/mol. The highest BCUT2D eigenvalue weighted by Gasteiger charge is 2.67. The number of likely N-dealkylation sites (tertiary alicyclic amines) is 1. The number of hydrogen-bond acceptors (Lipinski definition) is 3. The summed E-state index contributed by atoms with van der Waals surface area (Å²) in [6.07, 6.45) is 1.73. The van der Waals surface area contributed by atoms with Crippen molar-refractivity contribution in [3.8, 4) is 0 Å². The van der Waals surface area contributed by atoms with Crippen molar-refractivity contribution < 1.29 is 9.59 Å². The molecule has 1 aromatic rings. The first-order chi connectivity index (χ1) is 13.8. The van der Waals surface area contributed by atoms with Crippen LogP contribution in [0.2, 0.25) is 0 Å². The van der Waals surface area contributed by atoms with Gasteiger partial charge in [-0.25, -0.2) is 0 Å². The highest BCUT2D eigenvalue weighted by atomic mass is 16.2. The van der Waals surface area contributed by atoms with Gasteiger partial charge in [0.05, 0.1) is 5.92 Å². The zero-order chi connectivity index (χ0) is 20.8. The monoisotopic (exact) mass is 397 g/mol. The molecule has 4 bridgehead atoms. The predicted octanol–water partition coefficient (Wildman–Crippen LogP) is 2.81. The molecule has 1 saturated carbocycles. The second kappa shape index (κ2) is 7.75. The molecule has 5 rings (SSSR count). The summed E-state index contributed by atoms with van der Waals surface area (Å²) >= 11 is 0. The van der Waals surface area contributed by atoms with Gasteiger partial charge in [0, 0.05) is 31.6 Å². The molecule has 29 heavy (non-hydrogen) atoms. The molecule has 2 N–H and O–H groups in total. The van der Waals surface area contributed by atoms with Gasteiger partial charge in [0.15, 0.2) is 0 Å². The quantitative estimate of drug-likeness (QED) is 0.744. The normalized spacial score (nSPS) is 33.4. The van der Waals surface area contributed by atoms with E-state index in [1.54, 1.807) is 0 Å². The van der Waals surface area contributed by atoms with Crippen molar-refractivity contribution in [3.63, 3.8) is 0 Å². The minimum absolute atomic E-state index is 0.0000926. The van der Waals surface area contributed by atoms with Gasteiger partial charge < -0.3 is 10.6 Å². The molecule has 0 aromatic heterocycles. The maximum Gasteiger partial charge on any atom is 0.246 e. The van der Waals surface area contributed by atoms with Crippen molar-refractivity contribution >= 4 is 11.8 Å². The fraction of sp³-hybridized carbons (Fsp3) is 0.667. The van der Waals surface area contributed by atoms with E-state index in [4.69, 9.17) is 0 Å². The average Bonchev–Trinajstić information content (AvgIpc) is 2.96. The number of rotatable bonds is 7. The van der Waals surface area contributed by atoms with Crippen LogP contribution in [-0.4, -0.2) is 41.4 Å². The van der Waals surface area contributed by atoms with Gasteiger partial charge in [-0.2, -0.15) is 0 Å². The third-order valence-electron chi connectivity index (χ3n) is 7.07. The Labute approximate surface area is 174 Å². The molecule has 1 aliphatic carbocycles. The van der Waals surface area contributed by atoms with Crippen molar-refractivity contribution in [2.75, 3.05) is 13.1 Å². The van der Waals surface area contributed by atoms with Crippen LogP contribution in [0.4, 0.5) is 0 Å². The molecule has 3 aliphatic heterocycles. The van der Waals surface area contributed by atoms with E-state index in [9.17, 15) is 9.59 Å². The Morgan fingerprint density at radius 2 is 1.93 bits per heavy atom. The third kappa shape index (κ3) is 3.58. The lowest BCUT2D eigenvalue weighted by molar-refractivity contribution is -0.155. The van der Waals surface area contributed by atoms with Crippen LogP contribution in [0, 0.1) is 29.6 Å². The molecule has 5 atom stereocenters. The number of carbonyl (C=O) groups is 2. The molecule has 5 unspecified atom stereocenters. The number of piperidine rings is 2. The highest BCUT2D eigenvalue weighted by Crippen LogP contribution is 2.54. The molecule has 1 aromatic carbocycles. The molecule has 4 fully saturated rings. The summed E-state index contributed by atoms with van der Waals surface area (Å²) < 4.78 is 0. The second-order valence-corrected chi connectivity index (χ2v) is 10.2. The fourth-order valence-electron chi connectivity index (χ4n) is 6.18. The highest BCUT2D eigenvalue weighted by molar-refractivity contribution is 5.96. The van der Waals surface area contributed by atoms with Gasteiger partial charge in [0.1, 0.15) is 5.54 Å². The van der Waals surface area contributed by atoms with E-state index in [1.165, 1.54) is 0 Å². The number of carbonyl (C=O) groups excluding carboxylic acids is 2. The molecule has 158 valence electrons. The summed E-state index contributed by atoms with van der Waals surface area (Å²) in [4.78, 5) is 29.2. The van der Waals surface area contributed by atoms with Gasteiger partial charge in [0.25, 0.3) is 0 Å². The van der Waals surface area contributed by atoms with Crippen LogP contribution in [0.25, 0.3) is 0 Å². The molecule has 5 nitrogen and oxygen atoms in total. The van der Waals surface area contributed by atoms with Gasteiger partial charge in [-0.3, -0.25) is 14.5 Å². The topological polar surface area (TPSA) is 61.4 Å². The number of hydrogen-bond donors (Lipinski definition) is 2. The Morgan fingerprint density at radius 3 is 2.59 bits per heavy atom. The lowest BCUT2D eigenvalue weighted by atomic mass is 9.57. The maximum absolute atomic E-state index is 13.6. The molecule has 0 spiro atoms. The van der Waals surface area contributed by atoms with E-state index in [0.717, 1.165) is 31.5 Å². The lowest BCUT2D eigenvalue weighted by Gasteiger charge is -2.55. The molecule has 0 radical (unpaired) electrons. The first kappa shape index (κ1) is 20.4. The lowest BCUT2D eigenvalue weighted by Crippen LogP contribution is -2.76. The number of benzene rings is 1. The Morgan fingerprint density at radius 1 is 1.21 bits per heavy atom. The minimum atomic E-state index is -0.772. The first-order valence-corrected chi connectivity index (χ1v) is 11.2. The van der Waals surface area contributed by atoms with E-state index in [2.05, 4.69) is 43.2 Å². The average molecular weight is 398 g/mol. The molecular formula is C24H35N3O2. The van der Waals surface area contributed by atoms with Crippen molar-refractivity contribution in [3.05, 3.63) is 35.9 Å². The van der Waals surface area contributed by atoms with Crippen molar-refractivity contribution in [2.45, 2.75) is 58.7 Å². The van der Waals surface area contributed by atoms with E-state index >= 15 is 0 Å². The van der Waals surface area contributed by atoms with Crippen LogP contribution >= 0.6 is 0 Å². The Bertz CT molecular complexity index is 763. The largest absolute Gasteiger partial charge is 0.350 e. The van der Waals surface area contributed by atoms with Crippen molar-refractivity contribution in [1.82, 2.24) is 15.5 Å². The van der Waals surface area contributed by atoms with Gasteiger partial charge in [-0.15, -0.1) is 0 Å². The summed E-state index contributed by atoms with van der Waals surface area (Å²) in [7, 11) is 0. The molecule has 4 aliphatic rings. The molecule has 5 heteroatoms. The Balaban J connectivity index is 1.63. The SMILES string of the molecule is CC(C)CC1C2C3C(=O)NC1(C(=O)NCc1ccccc1)CC3CN2CC(C)C. The van der Waals surface area contributed by atoms with Gasteiger partial charge in [-0.1, -0.05) is 58.0 Å². The van der Waals surface area contributed by atoms with Crippen LogP contribution in [0.5, 0.6) is 0 Å². The van der Waals surface area contributed by atoms with Gasteiger partial charge in [-0.05, 0) is 36.2 Å². The fourth-order valence-corrected chi connectivity index (χ4v) is 6.18. The first-order valence-electron chi connectivity index (χ1n) is 11.2. The Kier molecular flexibility index (Phi) is 5.45. The zero-order valence-corrected chi connectivity index (χ0v) is 18.2. The van der Waals surface area contributed by atoms with Gasteiger partial charge in [0.2, 0.25) is 11.8 Å². The smallest absolute Gasteiger partial charge is 0.246 e. The van der Waals surface area contributed by atoms with Gasteiger partial charge >= 0.3 is 0 Å². The van der Waals surface area contributed by atoms with Crippen LogP contribution in [0.1, 0.15) is 46.1 Å². The van der Waals surface area contributed by atoms with Crippen LogP contribution in [0.3, 0.4) is 0 Å². The standard InChI is InChI=1S/C24H35N3O2/c1-15(2)10-19-21-20-18(14-27(21)13-16(3)4)11-24(19,26-22(20)28)23(29)25-12-17-8-6-5-7-9-17/h5-9,15-16,18-21H,10-14H2,1-4H3,(H,25,29)(H,26,28). The summed E-state index contributed by atoms with van der Waals surface area (Å²) in [5.74, 6) is 1.62. The number of nitrogens with one attached hydrogen (secondary N) is 2. The zero-order valence-electron chi connectivity index (χ0n) is 18.2. The van der Waals surface area contributed by atoms with E-state index in [-0.39, 0.29) is 29.7 Å². The van der Waals surface area contributed by atoms with Crippen molar-refractivity contribution in [2.24, 2.45) is 29.6 Å². The van der Waals surface area contributed by atoms with Crippen LogP contribution in [-0.2, 0) is 16.1 Å². The minimum Gasteiger partial charge on any atom is -0.350 e. The molecule has 3 saturated heterocycles. The summed E-state index contributed by atoms with van der Waals surface area (Å²) in [5, 5.41) is 6.38. The number of amides is 2. The molecule has 2 amide bonds. The van der Waals surface area contributed by atoms with E-state index < -0.39 is 5.54 Å². The summed E-state index contributed by atoms with van der Waals surface area (Å²) in [6.45, 7) is 11.4.